The summed E-state index contributed by atoms with van der Waals surface area (Å²) in [6.45, 7) is 0. The van der Waals surface area contributed by atoms with E-state index in [0.29, 0.717) is 16.1 Å². The molecule has 7 heteroatoms. The largest absolute Gasteiger partial charge is 0.384 e. The number of hydrogen-bond donors (Lipinski definition) is 0. The van der Waals surface area contributed by atoms with Crippen LogP contribution in [0, 0.1) is 0 Å². The predicted octanol–water partition coefficient (Wildman–Crippen LogP) is 2.76. The van der Waals surface area contributed by atoms with Crippen molar-refractivity contribution in [3.8, 4) is 5.75 Å². The SMILES string of the molecule is CN(C)S(=O)(=O)Oc1ccc(C(=O)c2ccc(Cl)cc2)cc1. The minimum Gasteiger partial charge on any atom is -0.371 e. The van der Waals surface area contributed by atoms with Crippen molar-refractivity contribution >= 4 is 27.7 Å². The van der Waals surface area contributed by atoms with E-state index in [1.807, 2.05) is 0 Å². The average molecular weight is 340 g/mol. The minimum absolute atomic E-state index is 0.140. The summed E-state index contributed by atoms with van der Waals surface area (Å²) in [7, 11) is -1.07. The Bertz CT molecular complexity index is 768. The smallest absolute Gasteiger partial charge is 0.371 e. The third kappa shape index (κ3) is 3.85. The van der Waals surface area contributed by atoms with Crippen molar-refractivity contribution in [1.82, 2.24) is 4.31 Å². The Hall–Kier alpha value is -1.89. The fourth-order valence-electron chi connectivity index (χ4n) is 1.63. The van der Waals surface area contributed by atoms with Gasteiger partial charge in [0.25, 0.3) is 0 Å². The Kier molecular flexibility index (Phi) is 4.85. The van der Waals surface area contributed by atoms with E-state index in [2.05, 4.69) is 0 Å². The van der Waals surface area contributed by atoms with Gasteiger partial charge in [-0.15, -0.1) is 0 Å². The van der Waals surface area contributed by atoms with Crippen LogP contribution >= 0.6 is 11.6 Å². The maximum Gasteiger partial charge on any atom is 0.384 e. The third-order valence-electron chi connectivity index (χ3n) is 2.87. The van der Waals surface area contributed by atoms with Crippen LogP contribution in [0.1, 0.15) is 15.9 Å². The Morgan fingerprint density at radius 2 is 1.41 bits per heavy atom. The third-order valence-corrected chi connectivity index (χ3v) is 4.42. The molecule has 0 saturated carbocycles. The molecule has 0 atom stereocenters. The lowest BCUT2D eigenvalue weighted by atomic mass is 10.0. The van der Waals surface area contributed by atoms with Crippen molar-refractivity contribution in [2.24, 2.45) is 0 Å². The fraction of sp³-hybridized carbons (Fsp3) is 0.133. The van der Waals surface area contributed by atoms with Crippen LogP contribution in [0.2, 0.25) is 5.02 Å². The zero-order chi connectivity index (χ0) is 16.3. The molecule has 22 heavy (non-hydrogen) atoms. The van der Waals surface area contributed by atoms with E-state index in [1.54, 1.807) is 24.3 Å². The van der Waals surface area contributed by atoms with E-state index >= 15 is 0 Å². The lowest BCUT2D eigenvalue weighted by Gasteiger charge is -2.12. The fourth-order valence-corrected chi connectivity index (χ4v) is 2.26. The molecule has 5 nitrogen and oxygen atoms in total. The highest BCUT2D eigenvalue weighted by Gasteiger charge is 2.16. The van der Waals surface area contributed by atoms with E-state index < -0.39 is 10.3 Å². The molecule has 0 N–H and O–H groups in total. The van der Waals surface area contributed by atoms with Crippen LogP contribution in [0.4, 0.5) is 0 Å². The van der Waals surface area contributed by atoms with Crippen LogP contribution in [0.5, 0.6) is 5.75 Å². The summed E-state index contributed by atoms with van der Waals surface area (Å²) >= 11 is 5.78. The maximum atomic E-state index is 12.3. The molecule has 0 spiro atoms. The summed E-state index contributed by atoms with van der Waals surface area (Å²) in [6.07, 6.45) is 0. The average Bonchev–Trinajstić information content (AvgIpc) is 2.47. The van der Waals surface area contributed by atoms with Gasteiger partial charge in [-0.25, -0.2) is 0 Å². The van der Waals surface area contributed by atoms with E-state index in [0.717, 1.165) is 4.31 Å². The zero-order valence-corrected chi connectivity index (χ0v) is 13.6. The van der Waals surface area contributed by atoms with Crippen molar-refractivity contribution in [2.75, 3.05) is 14.1 Å². The lowest BCUT2D eigenvalue weighted by Crippen LogP contribution is -2.27. The molecule has 0 bridgehead atoms. The summed E-state index contributed by atoms with van der Waals surface area (Å²) in [5.74, 6) is -0.0416. The highest BCUT2D eigenvalue weighted by atomic mass is 35.5. The Morgan fingerprint density at radius 1 is 0.955 bits per heavy atom. The minimum atomic E-state index is -3.81. The van der Waals surface area contributed by atoms with Gasteiger partial charge in [0.15, 0.2) is 5.78 Å². The molecule has 0 amide bonds. The quantitative estimate of drug-likeness (QED) is 0.786. The van der Waals surface area contributed by atoms with Gasteiger partial charge in [-0.1, -0.05) is 11.6 Å². The number of carbonyl (C=O) groups excluding carboxylic acids is 1. The van der Waals surface area contributed by atoms with Crippen LogP contribution in [0.15, 0.2) is 48.5 Å². The molecule has 0 aliphatic rings. The predicted molar refractivity (Wildman–Crippen MR) is 84.6 cm³/mol. The van der Waals surface area contributed by atoms with Crippen LogP contribution in [0.25, 0.3) is 0 Å². The summed E-state index contributed by atoms with van der Waals surface area (Å²) < 4.78 is 29.0. The Balaban J connectivity index is 2.18. The number of benzene rings is 2. The van der Waals surface area contributed by atoms with Crippen LogP contribution in [-0.2, 0) is 10.3 Å². The molecule has 0 unspecified atom stereocenters. The van der Waals surface area contributed by atoms with Crippen LogP contribution in [0.3, 0.4) is 0 Å². The second-order valence-electron chi connectivity index (χ2n) is 4.68. The summed E-state index contributed by atoms with van der Waals surface area (Å²) in [4.78, 5) is 12.3. The number of ketones is 1. The van der Waals surface area contributed by atoms with Gasteiger partial charge in [0.1, 0.15) is 5.75 Å². The number of nitrogens with zero attached hydrogens (tertiary/aromatic N) is 1. The van der Waals surface area contributed by atoms with Crippen molar-refractivity contribution in [1.29, 1.82) is 0 Å². The Morgan fingerprint density at radius 3 is 1.86 bits per heavy atom. The number of carbonyl (C=O) groups is 1. The molecular weight excluding hydrogens is 326 g/mol. The molecule has 2 rings (SSSR count). The highest BCUT2D eigenvalue weighted by Crippen LogP contribution is 2.18. The number of hydrogen-bond acceptors (Lipinski definition) is 4. The summed E-state index contributed by atoms with van der Waals surface area (Å²) in [5, 5.41) is 0.550. The number of rotatable bonds is 5. The Labute approximate surface area is 134 Å². The molecule has 0 fully saturated rings. The van der Waals surface area contributed by atoms with Gasteiger partial charge < -0.3 is 4.18 Å². The molecule has 0 aliphatic heterocycles. The molecular formula is C15H14ClNO4S. The number of halogens is 1. The molecule has 2 aromatic carbocycles. The van der Waals surface area contributed by atoms with Gasteiger partial charge in [0.05, 0.1) is 0 Å². The standard InChI is InChI=1S/C15H14ClNO4S/c1-17(2)22(19,20)21-14-9-5-12(6-10-14)15(18)11-3-7-13(16)8-4-11/h3-10H,1-2H3. The van der Waals surface area contributed by atoms with Crippen LogP contribution in [-0.4, -0.2) is 32.6 Å². The monoisotopic (exact) mass is 339 g/mol. The second-order valence-corrected chi connectivity index (χ2v) is 6.87. The zero-order valence-electron chi connectivity index (χ0n) is 12.0. The molecule has 0 heterocycles. The first-order valence-electron chi connectivity index (χ1n) is 6.32. The second kappa shape index (κ2) is 6.48. The van der Waals surface area contributed by atoms with Crippen molar-refractivity contribution in [3.63, 3.8) is 0 Å². The van der Waals surface area contributed by atoms with E-state index in [4.69, 9.17) is 15.8 Å². The van der Waals surface area contributed by atoms with Crippen molar-refractivity contribution < 1.29 is 17.4 Å². The molecule has 0 saturated heterocycles. The molecule has 116 valence electrons. The van der Waals surface area contributed by atoms with E-state index in [9.17, 15) is 13.2 Å². The van der Waals surface area contributed by atoms with Crippen molar-refractivity contribution in [3.05, 3.63) is 64.7 Å². The van der Waals surface area contributed by atoms with Gasteiger partial charge in [-0.05, 0) is 48.5 Å². The van der Waals surface area contributed by atoms with Crippen LogP contribution < -0.4 is 4.18 Å². The maximum absolute atomic E-state index is 12.3. The first-order valence-corrected chi connectivity index (χ1v) is 8.06. The summed E-state index contributed by atoms with van der Waals surface area (Å²) in [5.41, 5.74) is 0.927. The normalized spacial score (nSPS) is 11.5. The van der Waals surface area contributed by atoms with Crippen molar-refractivity contribution in [2.45, 2.75) is 0 Å². The molecule has 2 aromatic rings. The first kappa shape index (κ1) is 16.5. The molecule has 0 aromatic heterocycles. The summed E-state index contributed by atoms with van der Waals surface area (Å²) in [6, 6.07) is 12.4. The molecule has 0 aliphatic carbocycles. The van der Waals surface area contributed by atoms with E-state index in [1.165, 1.54) is 38.4 Å². The molecule has 0 radical (unpaired) electrons. The van der Waals surface area contributed by atoms with Gasteiger partial charge in [0.2, 0.25) is 0 Å². The van der Waals surface area contributed by atoms with Gasteiger partial charge in [-0.2, -0.15) is 12.7 Å². The topological polar surface area (TPSA) is 63.7 Å². The van der Waals surface area contributed by atoms with Gasteiger partial charge in [0, 0.05) is 30.2 Å². The van der Waals surface area contributed by atoms with Gasteiger partial charge >= 0.3 is 10.3 Å². The van der Waals surface area contributed by atoms with Gasteiger partial charge in [-0.3, -0.25) is 4.79 Å². The highest BCUT2D eigenvalue weighted by molar-refractivity contribution is 7.84. The van der Waals surface area contributed by atoms with E-state index in [-0.39, 0.29) is 11.5 Å². The first-order chi connectivity index (χ1) is 10.3. The lowest BCUT2D eigenvalue weighted by molar-refractivity contribution is 0.103.